The monoisotopic (exact) mass is 391 g/mol. The number of para-hydroxylation sites is 3. The molecule has 3 heteroatoms. The largest absolute Gasteiger partial charge is 0.359 e. The van der Waals surface area contributed by atoms with Gasteiger partial charge >= 0.3 is 0 Å². The lowest BCUT2D eigenvalue weighted by molar-refractivity contribution is 0.783. The molecule has 0 saturated heterocycles. The Balaban J connectivity index is 1.63. The molecule has 3 aromatic rings. The van der Waals surface area contributed by atoms with E-state index >= 15 is 0 Å². The summed E-state index contributed by atoms with van der Waals surface area (Å²) >= 11 is 0. The summed E-state index contributed by atoms with van der Waals surface area (Å²) < 4.78 is 0. The molecule has 1 atom stereocenters. The van der Waals surface area contributed by atoms with Crippen LogP contribution in [0.15, 0.2) is 115 Å². The minimum absolute atomic E-state index is 0.134. The van der Waals surface area contributed by atoms with Crippen molar-refractivity contribution in [2.75, 3.05) is 21.9 Å². The zero-order chi connectivity index (χ0) is 20.5. The van der Waals surface area contributed by atoms with Gasteiger partial charge in [-0.2, -0.15) is 0 Å². The zero-order valence-electron chi connectivity index (χ0n) is 17.1. The third kappa shape index (κ3) is 3.09. The molecule has 0 spiro atoms. The third-order valence-corrected chi connectivity index (χ3v) is 5.71. The fraction of sp³-hybridized carbons (Fsp3) is 0.111. The van der Waals surface area contributed by atoms with Crippen molar-refractivity contribution < 1.29 is 0 Å². The first kappa shape index (κ1) is 18.3. The number of likely N-dealkylation sites (N-methyl/N-ethyl adjacent to an activating group) is 1. The standard InChI is InChI=1S/C27H25N3/c1-3-29-25-17-11-10-16-23(25)24-18-20(2)19-26(27(24)29)30(22-14-8-5-9-15-22)28-21-12-6-4-7-13-21/h4-19,27-28H,2-3H2,1H3. The molecular weight excluding hydrogens is 366 g/mol. The van der Waals surface area contributed by atoms with Crippen LogP contribution in [0.4, 0.5) is 17.1 Å². The number of hydrazine groups is 1. The van der Waals surface area contributed by atoms with E-state index in [2.05, 4.69) is 114 Å². The minimum Gasteiger partial charge on any atom is -0.359 e. The van der Waals surface area contributed by atoms with E-state index < -0.39 is 0 Å². The van der Waals surface area contributed by atoms with E-state index in [1.165, 1.54) is 22.5 Å². The molecule has 0 saturated carbocycles. The summed E-state index contributed by atoms with van der Waals surface area (Å²) in [6.45, 7) is 7.45. The van der Waals surface area contributed by atoms with Crippen molar-refractivity contribution in [3.63, 3.8) is 0 Å². The summed E-state index contributed by atoms with van der Waals surface area (Å²) in [5.41, 5.74) is 11.8. The van der Waals surface area contributed by atoms with Crippen LogP contribution >= 0.6 is 0 Å². The first-order valence-electron chi connectivity index (χ1n) is 10.4. The summed E-state index contributed by atoms with van der Waals surface area (Å²) in [5.74, 6) is 0. The van der Waals surface area contributed by atoms with Gasteiger partial charge in [-0.1, -0.05) is 61.2 Å². The van der Waals surface area contributed by atoms with Crippen molar-refractivity contribution in [3.8, 4) is 0 Å². The van der Waals surface area contributed by atoms with Crippen molar-refractivity contribution in [2.45, 2.75) is 13.0 Å². The molecule has 0 bridgehead atoms. The maximum absolute atomic E-state index is 4.31. The van der Waals surface area contributed by atoms with Gasteiger partial charge in [0.25, 0.3) is 0 Å². The fourth-order valence-corrected chi connectivity index (χ4v) is 4.45. The lowest BCUT2D eigenvalue weighted by Gasteiger charge is -2.38. The first-order chi connectivity index (χ1) is 14.8. The number of anilines is 3. The van der Waals surface area contributed by atoms with E-state index in [4.69, 9.17) is 0 Å². The Hall–Kier alpha value is -3.72. The molecule has 1 N–H and O–H groups in total. The number of allylic oxidation sites excluding steroid dienone is 3. The average molecular weight is 392 g/mol. The Labute approximate surface area is 178 Å². The van der Waals surface area contributed by atoms with Gasteiger partial charge in [-0.25, -0.2) is 0 Å². The third-order valence-electron chi connectivity index (χ3n) is 5.71. The highest BCUT2D eigenvalue weighted by Crippen LogP contribution is 2.46. The van der Waals surface area contributed by atoms with Crippen molar-refractivity contribution >= 4 is 22.6 Å². The van der Waals surface area contributed by atoms with Gasteiger partial charge in [0.1, 0.15) is 0 Å². The Morgan fingerprint density at radius 3 is 2.27 bits per heavy atom. The predicted octanol–water partition coefficient (Wildman–Crippen LogP) is 6.27. The molecule has 5 rings (SSSR count). The summed E-state index contributed by atoms with van der Waals surface area (Å²) in [7, 11) is 0. The number of nitrogens with one attached hydrogen (secondary N) is 1. The molecule has 1 aliphatic heterocycles. The predicted molar refractivity (Wildman–Crippen MR) is 127 cm³/mol. The molecule has 1 unspecified atom stereocenters. The van der Waals surface area contributed by atoms with Gasteiger partial charge in [0.05, 0.1) is 23.1 Å². The van der Waals surface area contributed by atoms with E-state index in [0.29, 0.717) is 0 Å². The average Bonchev–Trinajstić information content (AvgIpc) is 3.12. The number of nitrogens with zero attached hydrogens (tertiary/aromatic N) is 2. The van der Waals surface area contributed by atoms with Crippen LogP contribution in [0.25, 0.3) is 5.57 Å². The summed E-state index contributed by atoms with van der Waals surface area (Å²) in [5, 5.41) is 2.20. The van der Waals surface area contributed by atoms with Crippen LogP contribution in [0, 0.1) is 0 Å². The SMILES string of the molecule is C=C1C=C2c3ccccc3N(CC)C2C(N(Nc2ccccc2)c2ccccc2)=C1. The fourth-order valence-electron chi connectivity index (χ4n) is 4.45. The van der Waals surface area contributed by atoms with Crippen LogP contribution in [0.3, 0.4) is 0 Å². The van der Waals surface area contributed by atoms with Crippen molar-refractivity contribution in [1.29, 1.82) is 0 Å². The Morgan fingerprint density at radius 1 is 0.867 bits per heavy atom. The molecule has 3 nitrogen and oxygen atoms in total. The Kier molecular flexibility index (Phi) is 4.64. The molecular formula is C27H25N3. The van der Waals surface area contributed by atoms with Gasteiger partial charge < -0.3 is 4.90 Å². The van der Waals surface area contributed by atoms with Crippen LogP contribution in [0.2, 0.25) is 0 Å². The summed E-state index contributed by atoms with van der Waals surface area (Å²) in [4.78, 5) is 2.47. The molecule has 0 aromatic heterocycles. The highest BCUT2D eigenvalue weighted by atomic mass is 15.5. The Morgan fingerprint density at radius 2 is 1.53 bits per heavy atom. The van der Waals surface area contributed by atoms with E-state index in [1.54, 1.807) is 0 Å². The van der Waals surface area contributed by atoms with Crippen LogP contribution in [-0.2, 0) is 0 Å². The molecule has 148 valence electrons. The lowest BCUT2D eigenvalue weighted by atomic mass is 9.92. The molecule has 1 aliphatic carbocycles. The summed E-state index contributed by atoms with van der Waals surface area (Å²) in [6.07, 6.45) is 4.43. The molecule has 3 aromatic carbocycles. The Bertz CT molecular complexity index is 1130. The smallest absolute Gasteiger partial charge is 0.0973 e. The number of benzene rings is 3. The van der Waals surface area contributed by atoms with Gasteiger partial charge in [0, 0.05) is 17.8 Å². The van der Waals surface area contributed by atoms with E-state index in [0.717, 1.165) is 23.5 Å². The minimum atomic E-state index is 0.134. The van der Waals surface area contributed by atoms with E-state index in [1.807, 2.05) is 12.1 Å². The molecule has 1 heterocycles. The van der Waals surface area contributed by atoms with Crippen LogP contribution in [-0.4, -0.2) is 12.6 Å². The van der Waals surface area contributed by atoms with E-state index in [-0.39, 0.29) is 6.04 Å². The summed E-state index contributed by atoms with van der Waals surface area (Å²) in [6, 6.07) is 29.6. The van der Waals surface area contributed by atoms with Crippen molar-refractivity contribution in [1.82, 2.24) is 0 Å². The van der Waals surface area contributed by atoms with Gasteiger partial charge in [-0.05, 0) is 60.6 Å². The first-order valence-corrected chi connectivity index (χ1v) is 10.4. The quantitative estimate of drug-likeness (QED) is 0.517. The normalized spacial score (nSPS) is 17.0. The van der Waals surface area contributed by atoms with Crippen molar-refractivity contribution in [3.05, 3.63) is 120 Å². The number of hydrogen-bond donors (Lipinski definition) is 1. The van der Waals surface area contributed by atoms with E-state index in [9.17, 15) is 0 Å². The van der Waals surface area contributed by atoms with Crippen molar-refractivity contribution in [2.24, 2.45) is 0 Å². The molecule has 2 aliphatic rings. The van der Waals surface area contributed by atoms with Crippen LogP contribution in [0.1, 0.15) is 12.5 Å². The maximum atomic E-state index is 4.31. The number of hydrogen-bond acceptors (Lipinski definition) is 3. The number of rotatable bonds is 5. The van der Waals surface area contributed by atoms with Gasteiger partial charge in [-0.3, -0.25) is 10.4 Å². The second-order valence-electron chi connectivity index (χ2n) is 7.60. The lowest BCUT2D eigenvalue weighted by Crippen LogP contribution is -2.43. The zero-order valence-corrected chi connectivity index (χ0v) is 17.1. The molecule has 30 heavy (non-hydrogen) atoms. The topological polar surface area (TPSA) is 18.5 Å². The van der Waals surface area contributed by atoms with Gasteiger partial charge in [0.15, 0.2) is 0 Å². The highest BCUT2D eigenvalue weighted by Gasteiger charge is 2.39. The van der Waals surface area contributed by atoms with Crippen LogP contribution in [0.5, 0.6) is 0 Å². The molecule has 0 radical (unpaired) electrons. The molecule has 0 fully saturated rings. The van der Waals surface area contributed by atoms with Gasteiger partial charge in [-0.15, -0.1) is 0 Å². The van der Waals surface area contributed by atoms with Gasteiger partial charge in [0.2, 0.25) is 0 Å². The molecule has 0 amide bonds. The second-order valence-corrected chi connectivity index (χ2v) is 7.60. The highest BCUT2D eigenvalue weighted by molar-refractivity contribution is 5.93. The van der Waals surface area contributed by atoms with Crippen LogP contribution < -0.4 is 15.3 Å². The maximum Gasteiger partial charge on any atom is 0.0973 e. The number of fused-ring (bicyclic) bond motifs is 3. The second kappa shape index (κ2) is 7.60.